The number of nitrogens with zero attached hydrogens (tertiary/aromatic N) is 4. The number of piperidine rings is 1. The maximum Gasteiger partial charge on any atom is 0.276 e. The van der Waals surface area contributed by atoms with Crippen LogP contribution in [-0.4, -0.2) is 51.5 Å². The third-order valence-electron chi connectivity index (χ3n) is 6.25. The fourth-order valence-corrected chi connectivity index (χ4v) is 4.66. The third-order valence-corrected chi connectivity index (χ3v) is 6.25. The van der Waals surface area contributed by atoms with Gasteiger partial charge in [-0.25, -0.2) is 4.68 Å². The molecule has 2 aliphatic rings. The van der Waals surface area contributed by atoms with E-state index < -0.39 is 0 Å². The topological polar surface area (TPSA) is 63.1 Å². The first-order valence-corrected chi connectivity index (χ1v) is 10.0. The van der Waals surface area contributed by atoms with Crippen LogP contribution in [0.4, 0.5) is 0 Å². The molecule has 0 spiro atoms. The summed E-state index contributed by atoms with van der Waals surface area (Å²) in [6.45, 7) is 9.02. The number of carbonyl (C=O) groups excluding carboxylic acids is 1. The molecule has 6 nitrogen and oxygen atoms in total. The third kappa shape index (κ3) is 3.80. The molecule has 0 aliphatic carbocycles. The minimum Gasteiger partial charge on any atom is -0.334 e. The Morgan fingerprint density at radius 1 is 1.18 bits per heavy atom. The van der Waals surface area contributed by atoms with Crippen LogP contribution in [0.5, 0.6) is 0 Å². The molecule has 0 saturated carbocycles. The summed E-state index contributed by atoms with van der Waals surface area (Å²) >= 11 is 0. The van der Waals surface area contributed by atoms with Crippen molar-refractivity contribution in [2.75, 3.05) is 19.6 Å². The zero-order valence-corrected chi connectivity index (χ0v) is 17.7. The van der Waals surface area contributed by atoms with E-state index in [0.29, 0.717) is 17.7 Å². The van der Waals surface area contributed by atoms with Gasteiger partial charge in [-0.3, -0.25) is 4.79 Å². The number of benzene rings is 1. The fraction of sp³-hybridized carbons (Fsp3) is 0.571. The SMILES string of the molecule is Cc1ccccc1C1CC(C)N(C(=O)c2nnn(C3CCNCC3)c2C)C1.Cl. The van der Waals surface area contributed by atoms with E-state index in [9.17, 15) is 4.79 Å². The summed E-state index contributed by atoms with van der Waals surface area (Å²) in [6, 6.07) is 9.06. The molecule has 4 rings (SSSR count). The Balaban J connectivity index is 0.00000225. The predicted octanol–water partition coefficient (Wildman–Crippen LogP) is 3.26. The number of likely N-dealkylation sites (tertiary alicyclic amines) is 1. The van der Waals surface area contributed by atoms with Crippen molar-refractivity contribution in [1.82, 2.24) is 25.2 Å². The molecule has 1 amide bonds. The molecule has 1 aromatic carbocycles. The largest absolute Gasteiger partial charge is 0.334 e. The summed E-state index contributed by atoms with van der Waals surface area (Å²) in [6.07, 6.45) is 3.07. The number of nitrogens with one attached hydrogen (secondary N) is 1. The minimum atomic E-state index is 0. The van der Waals surface area contributed by atoms with Crippen molar-refractivity contribution < 1.29 is 4.79 Å². The van der Waals surface area contributed by atoms with Crippen LogP contribution in [0, 0.1) is 13.8 Å². The first-order valence-electron chi connectivity index (χ1n) is 10.0. The standard InChI is InChI=1S/C21H29N5O.ClH/c1-14-6-4-5-7-19(14)17-12-15(2)25(13-17)21(27)20-16(3)26(24-23-20)18-8-10-22-11-9-18;/h4-7,15,17-18,22H,8-13H2,1-3H3;1H. The van der Waals surface area contributed by atoms with Crippen LogP contribution in [0.25, 0.3) is 0 Å². The van der Waals surface area contributed by atoms with Gasteiger partial charge in [-0.2, -0.15) is 0 Å². The van der Waals surface area contributed by atoms with E-state index >= 15 is 0 Å². The lowest BCUT2D eigenvalue weighted by molar-refractivity contribution is 0.0739. The Hall–Kier alpha value is -1.92. The van der Waals surface area contributed by atoms with Crippen molar-refractivity contribution in [3.05, 3.63) is 46.8 Å². The number of rotatable bonds is 3. The molecule has 0 bridgehead atoms. The van der Waals surface area contributed by atoms with Crippen LogP contribution >= 0.6 is 12.4 Å². The number of aromatic nitrogens is 3. The van der Waals surface area contributed by atoms with E-state index in [0.717, 1.165) is 44.6 Å². The van der Waals surface area contributed by atoms with Gasteiger partial charge in [0.1, 0.15) is 0 Å². The van der Waals surface area contributed by atoms with Gasteiger partial charge in [0.25, 0.3) is 5.91 Å². The maximum absolute atomic E-state index is 13.2. The Morgan fingerprint density at radius 3 is 2.61 bits per heavy atom. The van der Waals surface area contributed by atoms with Gasteiger partial charge in [0.2, 0.25) is 0 Å². The summed E-state index contributed by atoms with van der Waals surface area (Å²) in [4.78, 5) is 15.2. The first kappa shape index (κ1) is 20.8. The highest BCUT2D eigenvalue weighted by Crippen LogP contribution is 2.34. The molecule has 2 aliphatic heterocycles. The molecule has 2 atom stereocenters. The van der Waals surface area contributed by atoms with Crippen molar-refractivity contribution in [2.45, 2.75) is 58.0 Å². The van der Waals surface area contributed by atoms with E-state index in [1.807, 2.05) is 16.5 Å². The van der Waals surface area contributed by atoms with E-state index in [1.165, 1.54) is 11.1 Å². The van der Waals surface area contributed by atoms with E-state index in [1.54, 1.807) is 0 Å². The Bertz CT molecular complexity index is 830. The van der Waals surface area contributed by atoms with Crippen molar-refractivity contribution >= 4 is 18.3 Å². The minimum absolute atomic E-state index is 0. The Labute approximate surface area is 173 Å². The molecule has 3 heterocycles. The van der Waals surface area contributed by atoms with Gasteiger partial charge in [-0.05, 0) is 64.3 Å². The number of amides is 1. The monoisotopic (exact) mass is 403 g/mol. The number of aryl methyl sites for hydroxylation is 1. The normalized spacial score (nSPS) is 22.9. The van der Waals surface area contributed by atoms with Crippen LogP contribution < -0.4 is 5.32 Å². The number of hydrogen-bond donors (Lipinski definition) is 1. The highest BCUT2D eigenvalue weighted by atomic mass is 35.5. The Morgan fingerprint density at radius 2 is 1.89 bits per heavy atom. The molecular weight excluding hydrogens is 374 g/mol. The molecular formula is C21H30ClN5O. The highest BCUT2D eigenvalue weighted by Gasteiger charge is 2.36. The van der Waals surface area contributed by atoms with Gasteiger partial charge < -0.3 is 10.2 Å². The predicted molar refractivity (Wildman–Crippen MR) is 112 cm³/mol. The lowest BCUT2D eigenvalue weighted by Gasteiger charge is -2.24. The second-order valence-corrected chi connectivity index (χ2v) is 8.04. The van der Waals surface area contributed by atoms with Gasteiger partial charge in [-0.1, -0.05) is 29.5 Å². The molecule has 152 valence electrons. The molecule has 28 heavy (non-hydrogen) atoms. The second-order valence-electron chi connectivity index (χ2n) is 8.04. The van der Waals surface area contributed by atoms with Gasteiger partial charge in [0.05, 0.1) is 11.7 Å². The summed E-state index contributed by atoms with van der Waals surface area (Å²) in [5, 5.41) is 12.0. The van der Waals surface area contributed by atoms with E-state index in [2.05, 4.69) is 53.7 Å². The molecule has 7 heteroatoms. The average molecular weight is 404 g/mol. The maximum atomic E-state index is 13.2. The molecule has 2 aromatic rings. The van der Waals surface area contributed by atoms with Gasteiger partial charge in [-0.15, -0.1) is 17.5 Å². The van der Waals surface area contributed by atoms with Crippen LogP contribution in [0.1, 0.15) is 65.5 Å². The van der Waals surface area contributed by atoms with Crippen LogP contribution in [0.2, 0.25) is 0 Å². The number of halogens is 1. The molecule has 1 aromatic heterocycles. The quantitative estimate of drug-likeness (QED) is 0.854. The molecule has 0 radical (unpaired) electrons. The lowest BCUT2D eigenvalue weighted by atomic mass is 9.93. The summed E-state index contributed by atoms with van der Waals surface area (Å²) in [5.74, 6) is 0.418. The second kappa shape index (κ2) is 8.62. The zero-order valence-electron chi connectivity index (χ0n) is 16.9. The van der Waals surface area contributed by atoms with Crippen molar-refractivity contribution in [1.29, 1.82) is 0 Å². The molecule has 2 saturated heterocycles. The van der Waals surface area contributed by atoms with Crippen molar-refractivity contribution in [3.8, 4) is 0 Å². The zero-order chi connectivity index (χ0) is 19.0. The molecule has 2 unspecified atom stereocenters. The number of hydrogen-bond acceptors (Lipinski definition) is 4. The fourth-order valence-electron chi connectivity index (χ4n) is 4.66. The summed E-state index contributed by atoms with van der Waals surface area (Å²) in [7, 11) is 0. The van der Waals surface area contributed by atoms with Crippen LogP contribution in [0.3, 0.4) is 0 Å². The highest BCUT2D eigenvalue weighted by molar-refractivity contribution is 5.93. The van der Waals surface area contributed by atoms with Crippen molar-refractivity contribution in [2.24, 2.45) is 0 Å². The van der Waals surface area contributed by atoms with E-state index in [4.69, 9.17) is 0 Å². The number of carbonyl (C=O) groups is 1. The molecule has 2 fully saturated rings. The van der Waals surface area contributed by atoms with Crippen LogP contribution in [0.15, 0.2) is 24.3 Å². The van der Waals surface area contributed by atoms with E-state index in [-0.39, 0.29) is 24.4 Å². The van der Waals surface area contributed by atoms with Gasteiger partial charge in [0.15, 0.2) is 5.69 Å². The Kier molecular flexibility index (Phi) is 6.40. The summed E-state index contributed by atoms with van der Waals surface area (Å²) in [5.41, 5.74) is 4.08. The van der Waals surface area contributed by atoms with Gasteiger partial charge >= 0.3 is 0 Å². The summed E-state index contributed by atoms with van der Waals surface area (Å²) < 4.78 is 1.97. The molecule has 1 N–H and O–H groups in total. The average Bonchev–Trinajstić information content (AvgIpc) is 3.25. The van der Waals surface area contributed by atoms with Crippen LogP contribution in [-0.2, 0) is 0 Å². The lowest BCUT2D eigenvalue weighted by Crippen LogP contribution is -2.35. The van der Waals surface area contributed by atoms with Crippen molar-refractivity contribution in [3.63, 3.8) is 0 Å². The first-order chi connectivity index (χ1) is 13.1. The van der Waals surface area contributed by atoms with Gasteiger partial charge in [0, 0.05) is 18.5 Å². The smallest absolute Gasteiger partial charge is 0.276 e.